The van der Waals surface area contributed by atoms with E-state index in [1.54, 1.807) is 0 Å². The number of amides is 1. The van der Waals surface area contributed by atoms with E-state index in [0.29, 0.717) is 0 Å². The summed E-state index contributed by atoms with van der Waals surface area (Å²) in [6, 6.07) is 0.178. The molecular formula is C12H22N2O3. The Balaban J connectivity index is 2.43. The second-order valence-corrected chi connectivity index (χ2v) is 5.07. The van der Waals surface area contributed by atoms with Crippen molar-refractivity contribution in [2.45, 2.75) is 33.2 Å². The summed E-state index contributed by atoms with van der Waals surface area (Å²) >= 11 is 0. The van der Waals surface area contributed by atoms with Gasteiger partial charge in [0, 0.05) is 12.6 Å². The lowest BCUT2D eigenvalue weighted by atomic mass is 9.95. The standard InChI is InChI=1S/C12H22N2O3/c1-7(2)10(12(16)17)6-14-11(15)9-4-5-13-8(9)3/h7-10,13H,4-6H2,1-3H3,(H,14,15)(H,16,17). The van der Waals surface area contributed by atoms with E-state index in [-0.39, 0.29) is 30.3 Å². The summed E-state index contributed by atoms with van der Waals surface area (Å²) < 4.78 is 0. The van der Waals surface area contributed by atoms with E-state index in [1.165, 1.54) is 0 Å². The number of aliphatic carboxylic acids is 1. The summed E-state index contributed by atoms with van der Waals surface area (Å²) in [6.45, 7) is 6.75. The molecule has 1 saturated heterocycles. The summed E-state index contributed by atoms with van der Waals surface area (Å²) in [5.74, 6) is -1.40. The molecule has 1 rings (SSSR count). The van der Waals surface area contributed by atoms with E-state index in [1.807, 2.05) is 20.8 Å². The van der Waals surface area contributed by atoms with E-state index < -0.39 is 11.9 Å². The fraction of sp³-hybridized carbons (Fsp3) is 0.833. The summed E-state index contributed by atoms with van der Waals surface area (Å²) in [5.41, 5.74) is 0. The fourth-order valence-corrected chi connectivity index (χ4v) is 2.17. The topological polar surface area (TPSA) is 78.4 Å². The van der Waals surface area contributed by atoms with Gasteiger partial charge < -0.3 is 15.7 Å². The lowest BCUT2D eigenvalue weighted by Crippen LogP contribution is -2.41. The van der Waals surface area contributed by atoms with Gasteiger partial charge in [0.2, 0.25) is 5.91 Å². The third kappa shape index (κ3) is 3.70. The maximum absolute atomic E-state index is 11.9. The van der Waals surface area contributed by atoms with Crippen molar-refractivity contribution in [1.29, 1.82) is 0 Å². The second-order valence-electron chi connectivity index (χ2n) is 5.07. The van der Waals surface area contributed by atoms with Crippen molar-refractivity contribution in [1.82, 2.24) is 10.6 Å². The molecule has 1 amide bonds. The zero-order valence-electron chi connectivity index (χ0n) is 10.7. The molecule has 0 aromatic heterocycles. The Morgan fingerprint density at radius 3 is 2.53 bits per heavy atom. The molecule has 5 heteroatoms. The van der Waals surface area contributed by atoms with Gasteiger partial charge in [-0.1, -0.05) is 13.8 Å². The molecule has 98 valence electrons. The van der Waals surface area contributed by atoms with Crippen molar-refractivity contribution >= 4 is 11.9 Å². The Morgan fingerprint density at radius 1 is 1.47 bits per heavy atom. The summed E-state index contributed by atoms with van der Waals surface area (Å²) in [5, 5.41) is 15.0. The van der Waals surface area contributed by atoms with Crippen LogP contribution < -0.4 is 10.6 Å². The Morgan fingerprint density at radius 2 is 2.12 bits per heavy atom. The molecule has 0 bridgehead atoms. The van der Waals surface area contributed by atoms with Crippen LogP contribution in [0.2, 0.25) is 0 Å². The molecule has 3 unspecified atom stereocenters. The highest BCUT2D eigenvalue weighted by Gasteiger charge is 2.30. The highest BCUT2D eigenvalue weighted by Crippen LogP contribution is 2.16. The number of carbonyl (C=O) groups excluding carboxylic acids is 1. The van der Waals surface area contributed by atoms with Crippen molar-refractivity contribution in [3.8, 4) is 0 Å². The second kappa shape index (κ2) is 6.00. The van der Waals surface area contributed by atoms with Gasteiger partial charge in [-0.2, -0.15) is 0 Å². The molecule has 0 spiro atoms. The molecule has 1 aliphatic heterocycles. The molecule has 1 aliphatic rings. The van der Waals surface area contributed by atoms with Gasteiger partial charge in [-0.3, -0.25) is 9.59 Å². The molecular weight excluding hydrogens is 220 g/mol. The molecule has 0 aromatic rings. The van der Waals surface area contributed by atoms with Crippen LogP contribution in [0, 0.1) is 17.8 Å². The summed E-state index contributed by atoms with van der Waals surface area (Å²) in [6.07, 6.45) is 0.826. The van der Waals surface area contributed by atoms with Gasteiger partial charge in [0.25, 0.3) is 0 Å². The van der Waals surface area contributed by atoms with Crippen molar-refractivity contribution in [3.05, 3.63) is 0 Å². The molecule has 0 saturated carbocycles. The third-order valence-corrected chi connectivity index (χ3v) is 3.48. The van der Waals surface area contributed by atoms with Gasteiger partial charge in [-0.05, 0) is 25.8 Å². The van der Waals surface area contributed by atoms with Crippen LogP contribution in [0.3, 0.4) is 0 Å². The molecule has 5 nitrogen and oxygen atoms in total. The number of hydrogen-bond donors (Lipinski definition) is 3. The average molecular weight is 242 g/mol. The highest BCUT2D eigenvalue weighted by molar-refractivity contribution is 5.80. The van der Waals surface area contributed by atoms with E-state index >= 15 is 0 Å². The fourth-order valence-electron chi connectivity index (χ4n) is 2.17. The quantitative estimate of drug-likeness (QED) is 0.654. The van der Waals surface area contributed by atoms with Crippen molar-refractivity contribution in [2.24, 2.45) is 17.8 Å². The molecule has 0 aromatic carbocycles. The predicted molar refractivity (Wildman–Crippen MR) is 64.5 cm³/mol. The Labute approximate surface area is 102 Å². The van der Waals surface area contributed by atoms with Crippen molar-refractivity contribution in [3.63, 3.8) is 0 Å². The SMILES string of the molecule is CC(C)C(CNC(=O)C1CCNC1C)C(=O)O. The largest absolute Gasteiger partial charge is 0.481 e. The number of hydrogen-bond acceptors (Lipinski definition) is 3. The molecule has 3 atom stereocenters. The van der Waals surface area contributed by atoms with Crippen molar-refractivity contribution in [2.75, 3.05) is 13.1 Å². The van der Waals surface area contributed by atoms with Gasteiger partial charge >= 0.3 is 5.97 Å². The van der Waals surface area contributed by atoms with Crippen LogP contribution in [0.4, 0.5) is 0 Å². The zero-order valence-corrected chi connectivity index (χ0v) is 10.7. The summed E-state index contributed by atoms with van der Waals surface area (Å²) in [7, 11) is 0. The zero-order chi connectivity index (χ0) is 13.0. The maximum atomic E-state index is 11.9. The minimum absolute atomic E-state index is 0.0203. The maximum Gasteiger partial charge on any atom is 0.308 e. The van der Waals surface area contributed by atoms with Gasteiger partial charge in [-0.25, -0.2) is 0 Å². The highest BCUT2D eigenvalue weighted by atomic mass is 16.4. The first-order chi connectivity index (χ1) is 7.93. The monoisotopic (exact) mass is 242 g/mol. The molecule has 3 N–H and O–H groups in total. The summed E-state index contributed by atoms with van der Waals surface area (Å²) in [4.78, 5) is 22.8. The molecule has 0 aliphatic carbocycles. The number of carbonyl (C=O) groups is 2. The molecule has 17 heavy (non-hydrogen) atoms. The number of carboxylic acid groups (broad SMARTS) is 1. The Bertz CT molecular complexity index is 291. The minimum Gasteiger partial charge on any atom is -0.481 e. The Kier molecular flexibility index (Phi) is 4.93. The number of rotatable bonds is 5. The first kappa shape index (κ1) is 14.0. The van der Waals surface area contributed by atoms with Crippen LogP contribution in [0.25, 0.3) is 0 Å². The van der Waals surface area contributed by atoms with Crippen LogP contribution >= 0.6 is 0 Å². The van der Waals surface area contributed by atoms with Gasteiger partial charge in [0.05, 0.1) is 11.8 Å². The van der Waals surface area contributed by atoms with Gasteiger partial charge in [0.1, 0.15) is 0 Å². The lowest BCUT2D eigenvalue weighted by molar-refractivity contribution is -0.143. The van der Waals surface area contributed by atoms with Crippen LogP contribution in [-0.2, 0) is 9.59 Å². The first-order valence-electron chi connectivity index (χ1n) is 6.17. The number of carboxylic acids is 1. The Hall–Kier alpha value is -1.10. The van der Waals surface area contributed by atoms with E-state index in [9.17, 15) is 9.59 Å². The van der Waals surface area contributed by atoms with E-state index in [2.05, 4.69) is 10.6 Å². The van der Waals surface area contributed by atoms with Crippen LogP contribution in [0.5, 0.6) is 0 Å². The van der Waals surface area contributed by atoms with Gasteiger partial charge in [-0.15, -0.1) is 0 Å². The smallest absolute Gasteiger partial charge is 0.308 e. The number of nitrogens with one attached hydrogen (secondary N) is 2. The first-order valence-corrected chi connectivity index (χ1v) is 6.17. The normalized spacial score (nSPS) is 25.9. The molecule has 1 fully saturated rings. The third-order valence-electron chi connectivity index (χ3n) is 3.48. The minimum atomic E-state index is -0.849. The molecule has 1 heterocycles. The van der Waals surface area contributed by atoms with Crippen LogP contribution in [0.15, 0.2) is 0 Å². The van der Waals surface area contributed by atoms with Crippen LogP contribution in [-0.4, -0.2) is 36.1 Å². The van der Waals surface area contributed by atoms with Crippen molar-refractivity contribution < 1.29 is 14.7 Å². The van der Waals surface area contributed by atoms with Crippen LogP contribution in [0.1, 0.15) is 27.2 Å². The van der Waals surface area contributed by atoms with Gasteiger partial charge in [0.15, 0.2) is 0 Å². The molecule has 0 radical (unpaired) electrons. The van der Waals surface area contributed by atoms with E-state index in [4.69, 9.17) is 5.11 Å². The average Bonchev–Trinajstić information content (AvgIpc) is 2.63. The lowest BCUT2D eigenvalue weighted by Gasteiger charge is -2.19. The van der Waals surface area contributed by atoms with E-state index in [0.717, 1.165) is 13.0 Å². The predicted octanol–water partition coefficient (Wildman–Crippen LogP) is 0.457.